The van der Waals surface area contributed by atoms with Gasteiger partial charge in [0.25, 0.3) is 5.91 Å². The molecule has 1 aliphatic heterocycles. The highest BCUT2D eigenvalue weighted by Crippen LogP contribution is 2.35. The Bertz CT molecular complexity index is 1330. The Kier molecular flexibility index (Phi) is 4.80. The highest BCUT2D eigenvalue weighted by atomic mass is 19.1. The monoisotopic (exact) mass is 435 g/mol. The zero-order chi connectivity index (χ0) is 22.6. The fraction of sp³-hybridized carbons (Fsp3) is 0.292. The number of hydrogen-bond acceptors (Lipinski definition) is 3. The summed E-state index contributed by atoms with van der Waals surface area (Å²) in [4.78, 5) is 19.5. The first-order valence-electron chi connectivity index (χ1n) is 10.6. The summed E-state index contributed by atoms with van der Waals surface area (Å²) in [5.74, 6) is -1.40. The lowest BCUT2D eigenvalue weighted by Gasteiger charge is -2.29. The number of rotatable bonds is 3. The van der Waals surface area contributed by atoms with E-state index in [0.29, 0.717) is 42.0 Å². The van der Waals surface area contributed by atoms with Gasteiger partial charge in [0.1, 0.15) is 11.6 Å². The maximum atomic E-state index is 14.6. The van der Waals surface area contributed by atoms with Gasteiger partial charge in [0, 0.05) is 24.8 Å². The fourth-order valence-corrected chi connectivity index (χ4v) is 4.55. The van der Waals surface area contributed by atoms with E-state index in [1.54, 1.807) is 41.0 Å². The Morgan fingerprint density at radius 2 is 1.81 bits per heavy atom. The van der Waals surface area contributed by atoms with Crippen molar-refractivity contribution in [3.05, 3.63) is 77.1 Å². The molecule has 3 aromatic heterocycles. The molecule has 0 unspecified atom stereocenters. The molecule has 4 aromatic rings. The van der Waals surface area contributed by atoms with Crippen LogP contribution in [0.5, 0.6) is 0 Å². The third-order valence-corrected chi connectivity index (χ3v) is 6.05. The van der Waals surface area contributed by atoms with Crippen molar-refractivity contribution in [3.63, 3.8) is 0 Å². The highest BCUT2D eigenvalue weighted by Gasteiger charge is 2.28. The molecule has 0 aliphatic carbocycles. The number of carbonyl (C=O) groups is 1. The molecule has 0 spiro atoms. The SMILES string of the molecule is Cc1nn2c(C(C)C)c(C(=O)N3CCn4cncc4C3)ccc2c1-c1c(F)cccc1F. The number of nitrogens with zero attached hydrogens (tertiary/aromatic N) is 5. The van der Waals surface area contributed by atoms with Crippen molar-refractivity contribution in [2.45, 2.75) is 39.8 Å². The lowest BCUT2D eigenvalue weighted by molar-refractivity contribution is 0.0708. The summed E-state index contributed by atoms with van der Waals surface area (Å²) in [6, 6.07) is 7.31. The van der Waals surface area contributed by atoms with Gasteiger partial charge < -0.3 is 9.47 Å². The predicted molar refractivity (Wildman–Crippen MR) is 116 cm³/mol. The lowest BCUT2D eigenvalue weighted by atomic mass is 9.99. The van der Waals surface area contributed by atoms with Crippen LogP contribution in [0.1, 0.15) is 47.2 Å². The van der Waals surface area contributed by atoms with Crippen LogP contribution in [0.2, 0.25) is 0 Å². The van der Waals surface area contributed by atoms with Gasteiger partial charge in [-0.2, -0.15) is 5.10 Å². The van der Waals surface area contributed by atoms with Crippen molar-refractivity contribution >= 4 is 11.4 Å². The topological polar surface area (TPSA) is 55.4 Å². The minimum absolute atomic E-state index is 0.0365. The van der Waals surface area contributed by atoms with E-state index in [4.69, 9.17) is 0 Å². The van der Waals surface area contributed by atoms with Crippen molar-refractivity contribution in [2.75, 3.05) is 6.54 Å². The predicted octanol–water partition coefficient (Wildman–Crippen LogP) is 4.56. The van der Waals surface area contributed by atoms with Gasteiger partial charge in [-0.3, -0.25) is 4.79 Å². The van der Waals surface area contributed by atoms with Crippen LogP contribution in [0.25, 0.3) is 16.6 Å². The number of amides is 1. The van der Waals surface area contributed by atoms with Crippen LogP contribution in [-0.2, 0) is 13.1 Å². The zero-order valence-electron chi connectivity index (χ0n) is 18.1. The molecular formula is C24H23F2N5O. The van der Waals surface area contributed by atoms with Gasteiger partial charge in [-0.15, -0.1) is 0 Å². The summed E-state index contributed by atoms with van der Waals surface area (Å²) >= 11 is 0. The number of aromatic nitrogens is 4. The number of aryl methyl sites for hydroxylation is 1. The van der Waals surface area contributed by atoms with E-state index in [2.05, 4.69) is 10.1 Å². The number of halogens is 2. The van der Waals surface area contributed by atoms with Crippen molar-refractivity contribution in [1.29, 1.82) is 0 Å². The average Bonchev–Trinajstić information content (AvgIpc) is 3.35. The van der Waals surface area contributed by atoms with Gasteiger partial charge in [0.2, 0.25) is 0 Å². The van der Waals surface area contributed by atoms with Gasteiger partial charge in [-0.25, -0.2) is 18.3 Å². The van der Waals surface area contributed by atoms with Gasteiger partial charge in [-0.1, -0.05) is 19.9 Å². The van der Waals surface area contributed by atoms with Crippen LogP contribution in [0.4, 0.5) is 8.78 Å². The number of pyridine rings is 1. The molecule has 6 nitrogen and oxygen atoms in total. The smallest absolute Gasteiger partial charge is 0.256 e. The first-order valence-corrected chi connectivity index (χ1v) is 10.6. The molecule has 1 aliphatic rings. The summed E-state index contributed by atoms with van der Waals surface area (Å²) in [6.07, 6.45) is 3.55. The van der Waals surface area contributed by atoms with E-state index in [1.165, 1.54) is 18.2 Å². The normalized spacial score (nSPS) is 13.8. The molecule has 0 N–H and O–H groups in total. The Balaban J connectivity index is 1.65. The maximum absolute atomic E-state index is 14.6. The van der Waals surface area contributed by atoms with Gasteiger partial charge in [0.15, 0.2) is 0 Å². The van der Waals surface area contributed by atoms with Crippen LogP contribution >= 0.6 is 0 Å². The lowest BCUT2D eigenvalue weighted by Crippen LogP contribution is -2.38. The maximum Gasteiger partial charge on any atom is 0.256 e. The second-order valence-corrected chi connectivity index (χ2v) is 8.45. The molecule has 0 radical (unpaired) electrons. The van der Waals surface area contributed by atoms with E-state index in [1.807, 2.05) is 18.4 Å². The number of hydrogen-bond donors (Lipinski definition) is 0. The second-order valence-electron chi connectivity index (χ2n) is 8.45. The Morgan fingerprint density at radius 1 is 1.06 bits per heavy atom. The molecule has 5 rings (SSSR count). The van der Waals surface area contributed by atoms with Crippen LogP contribution in [0.3, 0.4) is 0 Å². The molecule has 164 valence electrons. The Labute approximate surface area is 184 Å². The van der Waals surface area contributed by atoms with Crippen LogP contribution in [0.15, 0.2) is 42.9 Å². The third kappa shape index (κ3) is 3.09. The molecule has 8 heteroatoms. The largest absolute Gasteiger partial charge is 0.331 e. The standard InChI is InChI=1S/C24H23F2N5O/c1-14(2)23-17(24(32)29-9-10-30-13-27-11-16(30)12-29)7-8-20-21(15(3)28-31(20)23)22-18(25)5-4-6-19(22)26/h4-8,11,13-14H,9-10,12H2,1-3H3. The number of imidazole rings is 1. The molecule has 0 bridgehead atoms. The quantitative estimate of drug-likeness (QED) is 0.474. The van der Waals surface area contributed by atoms with Gasteiger partial charge >= 0.3 is 0 Å². The van der Waals surface area contributed by atoms with Crippen molar-refractivity contribution in [2.24, 2.45) is 0 Å². The van der Waals surface area contributed by atoms with Crippen LogP contribution in [-0.4, -0.2) is 36.5 Å². The molecule has 0 saturated carbocycles. The molecular weight excluding hydrogens is 412 g/mol. The Morgan fingerprint density at radius 3 is 2.53 bits per heavy atom. The molecule has 4 heterocycles. The number of carbonyl (C=O) groups excluding carboxylic acids is 1. The van der Waals surface area contributed by atoms with E-state index in [9.17, 15) is 13.6 Å². The molecule has 32 heavy (non-hydrogen) atoms. The van der Waals surface area contributed by atoms with Crippen LogP contribution < -0.4 is 0 Å². The van der Waals surface area contributed by atoms with E-state index in [0.717, 1.165) is 11.4 Å². The average molecular weight is 435 g/mol. The molecule has 0 saturated heterocycles. The van der Waals surface area contributed by atoms with E-state index < -0.39 is 11.6 Å². The number of benzene rings is 1. The Hall–Kier alpha value is -3.55. The summed E-state index contributed by atoms with van der Waals surface area (Å²) < 4.78 is 32.9. The van der Waals surface area contributed by atoms with Crippen molar-refractivity contribution in [3.8, 4) is 11.1 Å². The van der Waals surface area contributed by atoms with Gasteiger partial charge in [-0.05, 0) is 37.1 Å². The van der Waals surface area contributed by atoms with Crippen LogP contribution in [0, 0.1) is 18.6 Å². The van der Waals surface area contributed by atoms with Gasteiger partial charge in [0.05, 0.1) is 46.6 Å². The van der Waals surface area contributed by atoms with E-state index >= 15 is 0 Å². The fourth-order valence-electron chi connectivity index (χ4n) is 4.55. The minimum atomic E-state index is -0.640. The highest BCUT2D eigenvalue weighted by molar-refractivity contribution is 5.97. The first-order chi connectivity index (χ1) is 15.4. The molecule has 1 amide bonds. The summed E-state index contributed by atoms with van der Waals surface area (Å²) in [5, 5.41) is 4.61. The minimum Gasteiger partial charge on any atom is -0.331 e. The van der Waals surface area contributed by atoms with Crippen molar-refractivity contribution < 1.29 is 13.6 Å². The summed E-state index contributed by atoms with van der Waals surface area (Å²) in [6.45, 7) is 7.46. The third-order valence-electron chi connectivity index (χ3n) is 6.05. The zero-order valence-corrected chi connectivity index (χ0v) is 18.1. The van der Waals surface area contributed by atoms with E-state index in [-0.39, 0.29) is 17.4 Å². The molecule has 0 fully saturated rings. The number of fused-ring (bicyclic) bond motifs is 2. The molecule has 1 aromatic carbocycles. The second kappa shape index (κ2) is 7.55. The first kappa shape index (κ1) is 20.4. The van der Waals surface area contributed by atoms with Crippen molar-refractivity contribution in [1.82, 2.24) is 24.1 Å². The molecule has 0 atom stereocenters. The summed E-state index contributed by atoms with van der Waals surface area (Å²) in [7, 11) is 0. The summed E-state index contributed by atoms with van der Waals surface area (Å²) in [5.41, 5.74) is 3.64.